The van der Waals surface area contributed by atoms with Gasteiger partial charge in [0.15, 0.2) is 0 Å². The molecular formula is C7H5F3Na. The van der Waals surface area contributed by atoms with E-state index in [9.17, 15) is 13.2 Å². The molecule has 0 aromatic heterocycles. The van der Waals surface area contributed by atoms with Crippen LogP contribution in [0.25, 0.3) is 0 Å². The van der Waals surface area contributed by atoms with Crippen molar-refractivity contribution in [3.05, 3.63) is 35.9 Å². The van der Waals surface area contributed by atoms with E-state index in [1.54, 1.807) is 0 Å². The van der Waals surface area contributed by atoms with Crippen molar-refractivity contribution >= 4 is 29.6 Å². The molecule has 1 radical (unpaired) electrons. The second-order valence-electron chi connectivity index (χ2n) is 1.79. The number of hydrogen-bond donors (Lipinski definition) is 0. The fraction of sp³-hybridized carbons (Fsp3) is 0.143. The fourth-order valence-corrected chi connectivity index (χ4v) is 0.576. The van der Waals surface area contributed by atoms with E-state index in [1.807, 2.05) is 0 Å². The van der Waals surface area contributed by atoms with Crippen LogP contribution >= 0.6 is 0 Å². The van der Waals surface area contributed by atoms with Crippen LogP contribution in [0.2, 0.25) is 0 Å². The molecule has 0 atom stereocenters. The average molecular weight is 169 g/mol. The third kappa shape index (κ3) is 3.27. The van der Waals surface area contributed by atoms with Gasteiger partial charge in [-0.3, -0.25) is 0 Å². The normalized spacial score (nSPS) is 10.5. The van der Waals surface area contributed by atoms with Gasteiger partial charge < -0.3 is 0 Å². The summed E-state index contributed by atoms with van der Waals surface area (Å²) in [6.07, 6.45) is -4.23. The van der Waals surface area contributed by atoms with Gasteiger partial charge in [0, 0.05) is 0 Å². The van der Waals surface area contributed by atoms with Crippen LogP contribution in [0.3, 0.4) is 0 Å². The van der Waals surface area contributed by atoms with Crippen molar-refractivity contribution in [1.29, 1.82) is 0 Å². The second kappa shape index (κ2) is 4.14. The van der Waals surface area contributed by atoms with E-state index in [0.717, 1.165) is 12.1 Å². The molecule has 0 bridgehead atoms. The van der Waals surface area contributed by atoms with E-state index in [1.165, 1.54) is 12.1 Å². The number of alkyl halides is 3. The van der Waals surface area contributed by atoms with Gasteiger partial charge in [-0.2, -0.15) is 13.2 Å². The van der Waals surface area contributed by atoms with Crippen molar-refractivity contribution < 1.29 is 13.2 Å². The molecule has 1 aromatic rings. The van der Waals surface area contributed by atoms with Gasteiger partial charge in [0.25, 0.3) is 0 Å². The summed E-state index contributed by atoms with van der Waals surface area (Å²) in [7, 11) is 0. The molecule has 0 N–H and O–H groups in total. The zero-order chi connectivity index (χ0) is 7.61. The van der Waals surface area contributed by atoms with Gasteiger partial charge >= 0.3 is 35.7 Å². The monoisotopic (exact) mass is 169 g/mol. The van der Waals surface area contributed by atoms with Crippen LogP contribution in [0.5, 0.6) is 0 Å². The maximum absolute atomic E-state index is 11.8. The molecule has 0 nitrogen and oxygen atoms in total. The zero-order valence-corrected chi connectivity index (χ0v) is 4.94. The fourth-order valence-electron chi connectivity index (χ4n) is 0.576. The summed E-state index contributed by atoms with van der Waals surface area (Å²) in [5.74, 6) is 0. The molecule has 1 aromatic carbocycles. The minimum absolute atomic E-state index is 0. The summed E-state index contributed by atoms with van der Waals surface area (Å²) in [5, 5.41) is 0. The van der Waals surface area contributed by atoms with E-state index in [2.05, 4.69) is 6.07 Å². The van der Waals surface area contributed by atoms with Crippen LogP contribution in [0.15, 0.2) is 24.3 Å². The second-order valence-corrected chi connectivity index (χ2v) is 1.79. The SMILES string of the molecule is FC(F)(F)c1cc[c]cc1.[NaH]. The molecule has 11 heavy (non-hydrogen) atoms. The van der Waals surface area contributed by atoms with Crippen molar-refractivity contribution in [3.8, 4) is 0 Å². The Morgan fingerprint density at radius 2 is 1.55 bits per heavy atom. The van der Waals surface area contributed by atoms with E-state index in [4.69, 9.17) is 0 Å². The number of hydrogen-bond acceptors (Lipinski definition) is 0. The van der Waals surface area contributed by atoms with Crippen molar-refractivity contribution in [3.63, 3.8) is 0 Å². The summed E-state index contributed by atoms with van der Waals surface area (Å²) in [6.45, 7) is 0. The Kier molecular flexibility index (Phi) is 4.14. The Bertz CT molecular complexity index is 205. The first-order chi connectivity index (χ1) is 4.61. The molecule has 0 aliphatic carbocycles. The van der Waals surface area contributed by atoms with Gasteiger partial charge in [-0.15, -0.1) is 0 Å². The quantitative estimate of drug-likeness (QED) is 0.520. The van der Waals surface area contributed by atoms with E-state index < -0.39 is 11.7 Å². The van der Waals surface area contributed by atoms with E-state index in [0.29, 0.717) is 0 Å². The summed E-state index contributed by atoms with van der Waals surface area (Å²) >= 11 is 0. The van der Waals surface area contributed by atoms with Crippen LogP contribution in [-0.2, 0) is 6.18 Å². The third-order valence-electron chi connectivity index (χ3n) is 1.05. The summed E-state index contributed by atoms with van der Waals surface area (Å²) in [5.41, 5.74) is -0.633. The van der Waals surface area contributed by atoms with Crippen molar-refractivity contribution in [2.24, 2.45) is 0 Å². The third-order valence-corrected chi connectivity index (χ3v) is 1.05. The van der Waals surface area contributed by atoms with Crippen LogP contribution in [0.4, 0.5) is 13.2 Å². The Morgan fingerprint density at radius 3 is 1.82 bits per heavy atom. The Labute approximate surface area is 84.7 Å². The van der Waals surface area contributed by atoms with Crippen molar-refractivity contribution in [2.75, 3.05) is 0 Å². The summed E-state index contributed by atoms with van der Waals surface area (Å²) < 4.78 is 35.3. The molecule has 0 unspecified atom stereocenters. The molecule has 0 spiro atoms. The van der Waals surface area contributed by atoms with Gasteiger partial charge in [-0.25, -0.2) is 0 Å². The topological polar surface area (TPSA) is 0 Å². The Balaban J connectivity index is 0.000001000. The summed E-state index contributed by atoms with van der Waals surface area (Å²) in [4.78, 5) is 0. The molecule has 0 saturated carbocycles. The molecule has 0 saturated heterocycles. The van der Waals surface area contributed by atoms with E-state index in [-0.39, 0.29) is 29.6 Å². The molecule has 0 aliphatic heterocycles. The van der Waals surface area contributed by atoms with Crippen LogP contribution < -0.4 is 0 Å². The van der Waals surface area contributed by atoms with Crippen LogP contribution in [0.1, 0.15) is 5.56 Å². The standard InChI is InChI=1S/C7H4F3.Na.H/c8-7(9,10)6-4-2-1-3-5-6;;/h2-5H;;. The Hall–Kier alpha value is 0.01000. The Morgan fingerprint density at radius 1 is 1.09 bits per heavy atom. The van der Waals surface area contributed by atoms with Crippen molar-refractivity contribution in [2.45, 2.75) is 6.18 Å². The molecule has 0 amide bonds. The predicted molar refractivity (Wildman–Crippen MR) is 37.4 cm³/mol. The predicted octanol–water partition coefficient (Wildman–Crippen LogP) is 1.86. The molecule has 0 fully saturated rings. The van der Waals surface area contributed by atoms with Crippen LogP contribution in [0, 0.1) is 6.07 Å². The molecule has 55 valence electrons. The molecule has 0 aliphatic rings. The van der Waals surface area contributed by atoms with Gasteiger partial charge in [-0.1, -0.05) is 12.1 Å². The summed E-state index contributed by atoms with van der Waals surface area (Å²) in [6, 6.07) is 6.95. The maximum atomic E-state index is 11.8. The van der Waals surface area contributed by atoms with E-state index >= 15 is 0 Å². The molecular weight excluding hydrogens is 164 g/mol. The first-order valence-electron chi connectivity index (χ1n) is 2.64. The number of rotatable bonds is 0. The van der Waals surface area contributed by atoms with Gasteiger partial charge in [0.2, 0.25) is 0 Å². The first-order valence-corrected chi connectivity index (χ1v) is 2.64. The van der Waals surface area contributed by atoms with Gasteiger partial charge in [-0.05, 0) is 18.2 Å². The van der Waals surface area contributed by atoms with Gasteiger partial charge in [0.1, 0.15) is 0 Å². The van der Waals surface area contributed by atoms with Crippen molar-refractivity contribution in [1.82, 2.24) is 0 Å². The molecule has 0 heterocycles. The minimum atomic E-state index is -4.23. The number of benzene rings is 1. The van der Waals surface area contributed by atoms with Crippen LogP contribution in [-0.4, -0.2) is 29.6 Å². The first kappa shape index (κ1) is 11.0. The molecule has 4 heteroatoms. The van der Waals surface area contributed by atoms with Gasteiger partial charge in [0.05, 0.1) is 5.56 Å². The molecule has 1 rings (SSSR count). The average Bonchev–Trinajstić information content (AvgIpc) is 1.88. The number of halogens is 3. The zero-order valence-electron chi connectivity index (χ0n) is 4.94.